The van der Waals surface area contributed by atoms with Crippen LogP contribution in [0.2, 0.25) is 0 Å². The van der Waals surface area contributed by atoms with Gasteiger partial charge < -0.3 is 0 Å². The van der Waals surface area contributed by atoms with Gasteiger partial charge in [-0.15, -0.1) is 0 Å². The molecule has 0 atom stereocenters. The first-order valence-corrected chi connectivity index (χ1v) is 1.91. The number of hydrogen-bond donors (Lipinski definition) is 0. The van der Waals surface area contributed by atoms with Crippen molar-refractivity contribution >= 4 is 0 Å². The molecule has 5 heavy (non-hydrogen) atoms. The zero-order valence-corrected chi connectivity index (χ0v) is 3.12. The first-order chi connectivity index (χ1) is 2.50. The van der Waals surface area contributed by atoms with Crippen molar-refractivity contribution in [1.29, 1.82) is 0 Å². The second kappa shape index (κ2) is 1.44. The third-order valence-corrected chi connectivity index (χ3v) is 0.729. The minimum absolute atomic E-state index is 1.00. The van der Waals surface area contributed by atoms with Crippen LogP contribution in [0.15, 0.2) is 0 Å². The van der Waals surface area contributed by atoms with Crippen molar-refractivity contribution in [2.24, 2.45) is 0 Å². The highest BCUT2D eigenvalue weighted by atomic mass is 14.0. The van der Waals surface area contributed by atoms with E-state index in [1.807, 2.05) is 0 Å². The lowest BCUT2D eigenvalue weighted by atomic mass is 10.4. The highest BCUT2D eigenvalue weighted by Gasteiger charge is 1.97. The van der Waals surface area contributed by atoms with Crippen LogP contribution in [-0.2, 0) is 0 Å². The van der Waals surface area contributed by atoms with E-state index >= 15 is 0 Å². The Morgan fingerprint density at radius 2 is 1.60 bits per heavy atom. The topological polar surface area (TPSA) is 0 Å². The van der Waals surface area contributed by atoms with Gasteiger partial charge in [-0.3, -0.25) is 0 Å². The van der Waals surface area contributed by atoms with Gasteiger partial charge in [-0.05, 0) is 32.1 Å². The summed E-state index contributed by atoms with van der Waals surface area (Å²) in [5, 5.41) is 0. The molecule has 0 unspecified atom stereocenters. The number of rotatable bonds is 0. The third kappa shape index (κ3) is 0.640. The van der Waals surface area contributed by atoms with E-state index in [9.17, 15) is 0 Å². The van der Waals surface area contributed by atoms with Crippen LogP contribution in [-0.4, -0.2) is 0 Å². The van der Waals surface area contributed by atoms with Crippen molar-refractivity contribution in [3.63, 3.8) is 0 Å². The second-order valence-corrected chi connectivity index (χ2v) is 1.18. The van der Waals surface area contributed by atoms with Crippen molar-refractivity contribution in [2.75, 3.05) is 0 Å². The summed E-state index contributed by atoms with van der Waals surface area (Å²) in [7, 11) is 0. The first-order valence-electron chi connectivity index (χ1n) is 1.91. The minimum Gasteiger partial charge on any atom is -0.0459 e. The maximum Gasteiger partial charge on any atom is -0.0167 e. The van der Waals surface area contributed by atoms with Gasteiger partial charge in [0, 0.05) is 0 Å². The molecule has 0 amide bonds. The van der Waals surface area contributed by atoms with Crippen LogP contribution < -0.4 is 0 Å². The Kier molecular flexibility index (Phi) is 0.922. The molecule has 1 aliphatic rings. The van der Waals surface area contributed by atoms with Gasteiger partial charge in [-0.25, -0.2) is 0 Å². The van der Waals surface area contributed by atoms with Gasteiger partial charge in [-0.1, -0.05) is 0 Å². The molecular weight excluding hydrogens is 60.1 g/mol. The average molecular weight is 66.1 g/mol. The van der Waals surface area contributed by atoms with E-state index in [0.717, 1.165) is 19.3 Å². The van der Waals surface area contributed by atoms with Crippen LogP contribution in [0, 0.1) is 12.8 Å². The molecular formula is C5H6. The average Bonchev–Trinajstić information content (AvgIpc) is 1.76. The summed E-state index contributed by atoms with van der Waals surface area (Å²) < 4.78 is 0. The monoisotopic (exact) mass is 66.0 g/mol. The maximum absolute atomic E-state index is 3.11. The van der Waals surface area contributed by atoms with Crippen molar-refractivity contribution in [1.82, 2.24) is 0 Å². The molecule has 4 radical (unpaired) electrons. The fourth-order valence-electron chi connectivity index (χ4n) is 0.442. The summed E-state index contributed by atoms with van der Waals surface area (Å²) in [5.41, 5.74) is 0. The molecule has 0 aromatic heterocycles. The molecule has 0 saturated heterocycles. The summed E-state index contributed by atoms with van der Waals surface area (Å²) in [6.45, 7) is 0. The highest BCUT2D eigenvalue weighted by Crippen LogP contribution is 2.12. The van der Waals surface area contributed by atoms with E-state index in [1.54, 1.807) is 0 Å². The predicted molar refractivity (Wildman–Crippen MR) is 20.3 cm³/mol. The lowest BCUT2D eigenvalue weighted by Crippen LogP contribution is -1.51. The molecule has 1 fully saturated rings. The van der Waals surface area contributed by atoms with Crippen LogP contribution >= 0.6 is 0 Å². The van der Waals surface area contributed by atoms with E-state index in [-0.39, 0.29) is 0 Å². The van der Waals surface area contributed by atoms with Gasteiger partial charge in [0.05, 0.1) is 0 Å². The standard InChI is InChI=1S/C5H6/c1-2-4-5-3-1/h1-2,5H2. The molecule has 0 N–H and O–H groups in total. The van der Waals surface area contributed by atoms with E-state index in [1.165, 1.54) is 0 Å². The lowest BCUT2D eigenvalue weighted by Gasteiger charge is -1.66. The van der Waals surface area contributed by atoms with E-state index < -0.39 is 0 Å². The number of hydrogen-bond acceptors (Lipinski definition) is 0. The quantitative estimate of drug-likeness (QED) is 0.400. The fourth-order valence-corrected chi connectivity index (χ4v) is 0.442. The Hall–Kier alpha value is 0. The van der Waals surface area contributed by atoms with E-state index in [0.29, 0.717) is 0 Å². The second-order valence-electron chi connectivity index (χ2n) is 1.18. The summed E-state index contributed by atoms with van der Waals surface area (Å²) >= 11 is 0. The molecule has 0 heteroatoms. The van der Waals surface area contributed by atoms with Crippen LogP contribution in [0.4, 0.5) is 0 Å². The van der Waals surface area contributed by atoms with E-state index in [2.05, 4.69) is 12.8 Å². The predicted octanol–water partition coefficient (Wildman–Crippen LogP) is 1.33. The van der Waals surface area contributed by atoms with Gasteiger partial charge in [0.1, 0.15) is 0 Å². The van der Waals surface area contributed by atoms with Gasteiger partial charge in [0.2, 0.25) is 0 Å². The van der Waals surface area contributed by atoms with Crippen molar-refractivity contribution < 1.29 is 0 Å². The minimum atomic E-state index is 1.00. The van der Waals surface area contributed by atoms with Gasteiger partial charge >= 0.3 is 0 Å². The molecule has 0 nitrogen and oxygen atoms in total. The molecule has 0 aliphatic heterocycles. The van der Waals surface area contributed by atoms with Crippen molar-refractivity contribution in [3.05, 3.63) is 12.8 Å². The van der Waals surface area contributed by atoms with E-state index in [4.69, 9.17) is 0 Å². The fraction of sp³-hybridized carbons (Fsp3) is 0.600. The molecule has 0 heterocycles. The zero-order chi connectivity index (χ0) is 3.54. The van der Waals surface area contributed by atoms with Gasteiger partial charge in [0.25, 0.3) is 0 Å². The third-order valence-electron chi connectivity index (χ3n) is 0.729. The smallest absolute Gasteiger partial charge is 0.0167 e. The van der Waals surface area contributed by atoms with Crippen LogP contribution in [0.25, 0.3) is 0 Å². The molecule has 1 rings (SSSR count). The summed E-state index contributed by atoms with van der Waals surface area (Å²) in [6.07, 6.45) is 9.50. The molecule has 0 bridgehead atoms. The molecule has 26 valence electrons. The Morgan fingerprint density at radius 3 is 1.80 bits per heavy atom. The Labute approximate surface area is 33.2 Å². The zero-order valence-electron chi connectivity index (χ0n) is 3.12. The van der Waals surface area contributed by atoms with Crippen LogP contribution in [0.5, 0.6) is 0 Å². The van der Waals surface area contributed by atoms with Crippen LogP contribution in [0.3, 0.4) is 0 Å². The maximum atomic E-state index is 3.11. The van der Waals surface area contributed by atoms with Gasteiger partial charge in [-0.2, -0.15) is 0 Å². The largest absolute Gasteiger partial charge is 0.0459 e. The van der Waals surface area contributed by atoms with Gasteiger partial charge in [0.15, 0.2) is 0 Å². The molecule has 0 spiro atoms. The molecule has 0 aromatic carbocycles. The Bertz CT molecular complexity index is 11.6. The van der Waals surface area contributed by atoms with Crippen molar-refractivity contribution in [2.45, 2.75) is 19.3 Å². The SMILES string of the molecule is [C]1C[C]CC1. The Balaban J connectivity index is 2.08. The Morgan fingerprint density at radius 1 is 1.00 bits per heavy atom. The molecule has 1 aliphatic carbocycles. The first kappa shape index (κ1) is 3.20. The summed E-state index contributed by atoms with van der Waals surface area (Å²) in [4.78, 5) is 0. The summed E-state index contributed by atoms with van der Waals surface area (Å²) in [5.74, 6) is 0. The lowest BCUT2D eigenvalue weighted by molar-refractivity contribution is 1.05. The summed E-state index contributed by atoms with van der Waals surface area (Å²) in [6, 6.07) is 0. The molecule has 0 aromatic rings. The normalized spacial score (nSPS) is 24.0. The van der Waals surface area contributed by atoms with Crippen LogP contribution in [0.1, 0.15) is 19.3 Å². The van der Waals surface area contributed by atoms with Crippen molar-refractivity contribution in [3.8, 4) is 0 Å². The molecule has 1 saturated carbocycles. The highest BCUT2D eigenvalue weighted by molar-refractivity contribution is 4.85.